The van der Waals surface area contributed by atoms with Gasteiger partial charge in [-0.1, -0.05) is 32.1 Å². The molecule has 2 aliphatic carbocycles. The van der Waals surface area contributed by atoms with Crippen molar-refractivity contribution in [3.8, 4) is 0 Å². The second kappa shape index (κ2) is 6.05. The molecule has 2 fully saturated rings. The van der Waals surface area contributed by atoms with Gasteiger partial charge in [0.15, 0.2) is 0 Å². The lowest BCUT2D eigenvalue weighted by molar-refractivity contribution is -0.159. The van der Waals surface area contributed by atoms with Crippen LogP contribution in [0.5, 0.6) is 0 Å². The Morgan fingerprint density at radius 2 is 1.94 bits per heavy atom. The first-order valence-corrected chi connectivity index (χ1v) is 7.43. The number of carbonyl (C=O) groups is 1. The number of esters is 1. The maximum atomic E-state index is 11.9. The normalized spacial score (nSPS) is 23.1. The number of rotatable bonds is 6. The summed E-state index contributed by atoms with van der Waals surface area (Å²) in [5, 5.41) is 0. The summed E-state index contributed by atoms with van der Waals surface area (Å²) in [6.07, 6.45) is 10.1. The first kappa shape index (κ1) is 13.9. The van der Waals surface area contributed by atoms with E-state index in [2.05, 4.69) is 11.9 Å². The molecular weight excluding hydrogens is 226 g/mol. The highest BCUT2D eigenvalue weighted by atomic mass is 16.5. The van der Waals surface area contributed by atoms with Gasteiger partial charge in [0.2, 0.25) is 0 Å². The third-order valence-corrected chi connectivity index (χ3v) is 4.90. The van der Waals surface area contributed by atoms with E-state index in [1.165, 1.54) is 45.6 Å². The van der Waals surface area contributed by atoms with E-state index < -0.39 is 0 Å². The molecule has 3 nitrogen and oxygen atoms in total. The molecule has 2 rings (SSSR count). The molecular formula is C15H27NO2. The quantitative estimate of drug-likeness (QED) is 0.682. The highest BCUT2D eigenvalue weighted by Crippen LogP contribution is 2.42. The minimum atomic E-state index is -0.181. The summed E-state index contributed by atoms with van der Waals surface area (Å²) in [6, 6.07) is 0. The van der Waals surface area contributed by atoms with Crippen LogP contribution in [0.3, 0.4) is 0 Å². The molecule has 0 bridgehead atoms. The maximum absolute atomic E-state index is 11.9. The van der Waals surface area contributed by atoms with Crippen molar-refractivity contribution < 1.29 is 9.53 Å². The molecule has 0 saturated heterocycles. The fourth-order valence-electron chi connectivity index (χ4n) is 3.54. The molecule has 104 valence electrons. The van der Waals surface area contributed by atoms with Crippen molar-refractivity contribution in [2.75, 3.05) is 27.2 Å². The van der Waals surface area contributed by atoms with Crippen LogP contribution in [0.4, 0.5) is 0 Å². The molecule has 0 heterocycles. The Hall–Kier alpha value is -0.570. The molecule has 18 heavy (non-hydrogen) atoms. The van der Waals surface area contributed by atoms with Crippen molar-refractivity contribution in [3.05, 3.63) is 0 Å². The lowest BCUT2D eigenvalue weighted by atomic mass is 9.68. The molecule has 0 aromatic rings. The summed E-state index contributed by atoms with van der Waals surface area (Å²) >= 11 is 0. The Bertz CT molecular complexity index is 280. The lowest BCUT2D eigenvalue weighted by Gasteiger charge is -2.41. The van der Waals surface area contributed by atoms with E-state index in [0.29, 0.717) is 0 Å². The minimum Gasteiger partial charge on any atom is -0.469 e. The number of hydrogen-bond donors (Lipinski definition) is 0. The second-order valence-corrected chi connectivity index (χ2v) is 6.30. The van der Waals surface area contributed by atoms with Gasteiger partial charge in [-0.2, -0.15) is 0 Å². The molecule has 2 aliphatic rings. The standard InChI is InChI=1S/C15H27NO2/c1-16(11-8-13-6-3-4-7-13)12-15(9-5-10-15)14(17)18-2/h13H,3-12H2,1-2H3. The molecule has 0 atom stereocenters. The Labute approximate surface area is 111 Å². The largest absolute Gasteiger partial charge is 0.469 e. The minimum absolute atomic E-state index is 0.00136. The topological polar surface area (TPSA) is 29.5 Å². The van der Waals surface area contributed by atoms with Crippen LogP contribution < -0.4 is 0 Å². The third kappa shape index (κ3) is 3.05. The number of nitrogens with zero attached hydrogens (tertiary/aromatic N) is 1. The molecule has 0 unspecified atom stereocenters. The van der Waals surface area contributed by atoms with Crippen molar-refractivity contribution in [2.45, 2.75) is 51.4 Å². The zero-order valence-corrected chi connectivity index (χ0v) is 11.9. The lowest BCUT2D eigenvalue weighted by Crippen LogP contribution is -2.47. The summed E-state index contributed by atoms with van der Waals surface area (Å²) in [4.78, 5) is 14.2. The van der Waals surface area contributed by atoms with Gasteiger partial charge in [-0.05, 0) is 38.8 Å². The van der Waals surface area contributed by atoms with Crippen molar-refractivity contribution in [2.24, 2.45) is 11.3 Å². The maximum Gasteiger partial charge on any atom is 0.313 e. The van der Waals surface area contributed by atoms with E-state index in [0.717, 1.165) is 31.8 Å². The molecule has 0 aromatic carbocycles. The van der Waals surface area contributed by atoms with Gasteiger partial charge in [0.05, 0.1) is 12.5 Å². The Kier molecular flexibility index (Phi) is 4.66. The SMILES string of the molecule is COC(=O)C1(CN(C)CCC2CCCC2)CCC1. The van der Waals surface area contributed by atoms with Crippen LogP contribution in [0, 0.1) is 11.3 Å². The molecule has 0 N–H and O–H groups in total. The molecule has 3 heteroatoms. The van der Waals surface area contributed by atoms with E-state index in [1.807, 2.05) is 0 Å². The van der Waals surface area contributed by atoms with Gasteiger partial charge >= 0.3 is 5.97 Å². The zero-order chi connectivity index (χ0) is 13.0. The van der Waals surface area contributed by atoms with E-state index in [4.69, 9.17) is 4.74 Å². The molecule has 2 saturated carbocycles. The smallest absolute Gasteiger partial charge is 0.313 e. The Morgan fingerprint density at radius 3 is 2.44 bits per heavy atom. The zero-order valence-electron chi connectivity index (χ0n) is 11.9. The summed E-state index contributed by atoms with van der Waals surface area (Å²) in [7, 11) is 3.67. The van der Waals surface area contributed by atoms with Crippen LogP contribution in [0.1, 0.15) is 51.4 Å². The van der Waals surface area contributed by atoms with Gasteiger partial charge in [0.1, 0.15) is 0 Å². The molecule has 0 aliphatic heterocycles. The number of methoxy groups -OCH3 is 1. The van der Waals surface area contributed by atoms with Gasteiger partial charge in [-0.15, -0.1) is 0 Å². The molecule has 0 spiro atoms. The van der Waals surface area contributed by atoms with E-state index in [1.54, 1.807) is 0 Å². The van der Waals surface area contributed by atoms with Gasteiger partial charge in [-0.25, -0.2) is 0 Å². The summed E-state index contributed by atoms with van der Waals surface area (Å²) < 4.78 is 4.97. The number of hydrogen-bond acceptors (Lipinski definition) is 3. The summed E-state index contributed by atoms with van der Waals surface area (Å²) in [5.74, 6) is 0.935. The van der Waals surface area contributed by atoms with Crippen molar-refractivity contribution in [1.29, 1.82) is 0 Å². The molecule has 0 amide bonds. The van der Waals surface area contributed by atoms with Gasteiger partial charge < -0.3 is 9.64 Å². The molecule has 0 aromatic heterocycles. The van der Waals surface area contributed by atoms with E-state index >= 15 is 0 Å². The Morgan fingerprint density at radius 1 is 1.28 bits per heavy atom. The summed E-state index contributed by atoms with van der Waals surface area (Å²) in [5.41, 5.74) is -0.181. The average Bonchev–Trinajstić information content (AvgIpc) is 2.83. The number of ether oxygens (including phenoxy) is 1. The van der Waals surface area contributed by atoms with Gasteiger partial charge in [0.25, 0.3) is 0 Å². The van der Waals surface area contributed by atoms with Crippen molar-refractivity contribution in [3.63, 3.8) is 0 Å². The average molecular weight is 253 g/mol. The van der Waals surface area contributed by atoms with Crippen LogP contribution in [0.2, 0.25) is 0 Å². The first-order chi connectivity index (χ1) is 8.66. The highest BCUT2D eigenvalue weighted by Gasteiger charge is 2.45. The predicted octanol–water partition coefficient (Wildman–Crippen LogP) is 2.84. The fraction of sp³-hybridized carbons (Fsp3) is 0.933. The van der Waals surface area contributed by atoms with Gasteiger partial charge in [0, 0.05) is 6.54 Å². The predicted molar refractivity (Wildman–Crippen MR) is 72.4 cm³/mol. The van der Waals surface area contributed by atoms with Crippen LogP contribution in [0.15, 0.2) is 0 Å². The second-order valence-electron chi connectivity index (χ2n) is 6.30. The fourth-order valence-corrected chi connectivity index (χ4v) is 3.54. The van der Waals surface area contributed by atoms with Crippen molar-refractivity contribution in [1.82, 2.24) is 4.90 Å². The summed E-state index contributed by atoms with van der Waals surface area (Å²) in [6.45, 7) is 2.01. The first-order valence-electron chi connectivity index (χ1n) is 7.43. The van der Waals surface area contributed by atoms with Crippen molar-refractivity contribution >= 4 is 5.97 Å². The Balaban J connectivity index is 1.75. The highest BCUT2D eigenvalue weighted by molar-refractivity contribution is 5.78. The molecule has 0 radical (unpaired) electrons. The van der Waals surface area contributed by atoms with Crippen LogP contribution >= 0.6 is 0 Å². The third-order valence-electron chi connectivity index (χ3n) is 4.90. The van der Waals surface area contributed by atoms with Crippen LogP contribution in [0.25, 0.3) is 0 Å². The number of carbonyl (C=O) groups excluding carboxylic acids is 1. The van der Waals surface area contributed by atoms with Crippen LogP contribution in [-0.2, 0) is 9.53 Å². The monoisotopic (exact) mass is 253 g/mol. The van der Waals surface area contributed by atoms with Gasteiger partial charge in [-0.3, -0.25) is 4.79 Å². The van der Waals surface area contributed by atoms with E-state index in [-0.39, 0.29) is 11.4 Å². The van der Waals surface area contributed by atoms with Crippen LogP contribution in [-0.4, -0.2) is 38.1 Å². The van der Waals surface area contributed by atoms with E-state index in [9.17, 15) is 4.79 Å².